The van der Waals surface area contributed by atoms with Gasteiger partial charge >= 0.3 is 0 Å². The number of hydrogen-bond acceptors (Lipinski definition) is 5. The van der Waals surface area contributed by atoms with Crippen LogP contribution in [-0.4, -0.2) is 48.3 Å². The number of rotatable bonds is 5. The van der Waals surface area contributed by atoms with Crippen LogP contribution in [0.3, 0.4) is 0 Å². The van der Waals surface area contributed by atoms with E-state index in [0.29, 0.717) is 19.7 Å². The van der Waals surface area contributed by atoms with Crippen molar-refractivity contribution in [1.82, 2.24) is 9.88 Å². The Kier molecular flexibility index (Phi) is 5.33. The molecule has 6 nitrogen and oxygen atoms in total. The van der Waals surface area contributed by atoms with Gasteiger partial charge in [0.1, 0.15) is 18.1 Å². The van der Waals surface area contributed by atoms with Crippen LogP contribution >= 0.6 is 0 Å². The molecule has 1 aromatic heterocycles. The van der Waals surface area contributed by atoms with Gasteiger partial charge in [-0.15, -0.1) is 0 Å². The van der Waals surface area contributed by atoms with Crippen LogP contribution in [0.25, 0.3) is 0 Å². The van der Waals surface area contributed by atoms with Gasteiger partial charge in [-0.1, -0.05) is 13.8 Å². The molecule has 3 heterocycles. The minimum absolute atomic E-state index is 0.0144. The lowest BCUT2D eigenvalue weighted by atomic mass is 10.1. The first-order valence-electron chi connectivity index (χ1n) is 8.59. The number of ether oxygens (including phenoxy) is 2. The molecule has 2 aliphatic heterocycles. The Hall–Kier alpha value is -1.40. The van der Waals surface area contributed by atoms with Gasteiger partial charge in [-0.25, -0.2) is 4.98 Å². The molecule has 1 atom stereocenters. The average molecular weight is 322 g/mol. The summed E-state index contributed by atoms with van der Waals surface area (Å²) < 4.78 is 16.9. The molecule has 1 fully saturated rings. The van der Waals surface area contributed by atoms with Crippen molar-refractivity contribution >= 4 is 5.91 Å². The van der Waals surface area contributed by atoms with Crippen molar-refractivity contribution in [3.8, 4) is 0 Å². The highest BCUT2D eigenvalue weighted by Gasteiger charge is 2.26. The summed E-state index contributed by atoms with van der Waals surface area (Å²) in [5.41, 5.74) is 0.893. The summed E-state index contributed by atoms with van der Waals surface area (Å²) in [5.74, 6) is 1.97. The fourth-order valence-electron chi connectivity index (χ4n) is 2.99. The standard InChI is InChI=1S/C17H26N2O4/c1-12(2)17-18-14-9-19(7-6-15(14)23-17)16(20)11-21-10-13-5-3-4-8-22-13/h12-13H,3-11H2,1-2H3. The first kappa shape index (κ1) is 16.5. The Balaban J connectivity index is 1.46. The van der Waals surface area contributed by atoms with Crippen molar-refractivity contribution < 1.29 is 18.7 Å². The zero-order valence-corrected chi connectivity index (χ0v) is 14.0. The number of oxazole rings is 1. The van der Waals surface area contributed by atoms with Crippen molar-refractivity contribution in [1.29, 1.82) is 0 Å². The number of carbonyl (C=O) groups excluding carboxylic acids is 1. The monoisotopic (exact) mass is 322 g/mol. The van der Waals surface area contributed by atoms with E-state index in [1.807, 2.05) is 0 Å². The Bertz CT molecular complexity index is 535. The largest absolute Gasteiger partial charge is 0.445 e. The quantitative estimate of drug-likeness (QED) is 0.832. The lowest BCUT2D eigenvalue weighted by Crippen LogP contribution is -2.38. The Morgan fingerprint density at radius 2 is 2.30 bits per heavy atom. The van der Waals surface area contributed by atoms with Gasteiger partial charge < -0.3 is 18.8 Å². The zero-order chi connectivity index (χ0) is 16.2. The molecule has 6 heteroatoms. The van der Waals surface area contributed by atoms with Crippen molar-refractivity contribution in [2.45, 2.75) is 58.1 Å². The van der Waals surface area contributed by atoms with E-state index in [1.54, 1.807) is 4.90 Å². The van der Waals surface area contributed by atoms with Gasteiger partial charge in [0.05, 0.1) is 19.3 Å². The van der Waals surface area contributed by atoms with Gasteiger partial charge in [0.2, 0.25) is 5.91 Å². The smallest absolute Gasteiger partial charge is 0.248 e. The maximum Gasteiger partial charge on any atom is 0.248 e. The van der Waals surface area contributed by atoms with E-state index in [4.69, 9.17) is 13.9 Å². The molecule has 0 aromatic carbocycles. The Morgan fingerprint density at radius 3 is 3.04 bits per heavy atom. The molecule has 2 aliphatic rings. The highest BCUT2D eigenvalue weighted by Crippen LogP contribution is 2.23. The first-order valence-corrected chi connectivity index (χ1v) is 8.59. The fourth-order valence-corrected chi connectivity index (χ4v) is 2.99. The molecule has 1 saturated heterocycles. The van der Waals surface area contributed by atoms with Crippen LogP contribution in [0.15, 0.2) is 4.42 Å². The normalized spacial score (nSPS) is 21.5. The molecule has 23 heavy (non-hydrogen) atoms. The number of hydrogen-bond donors (Lipinski definition) is 0. The zero-order valence-electron chi connectivity index (χ0n) is 14.0. The van der Waals surface area contributed by atoms with Crippen molar-refractivity contribution in [2.24, 2.45) is 0 Å². The summed E-state index contributed by atoms with van der Waals surface area (Å²) in [6.45, 7) is 6.73. The van der Waals surface area contributed by atoms with Gasteiger partial charge in [-0.3, -0.25) is 4.79 Å². The van der Waals surface area contributed by atoms with E-state index >= 15 is 0 Å². The second kappa shape index (κ2) is 7.45. The second-order valence-electron chi connectivity index (χ2n) is 6.65. The van der Waals surface area contributed by atoms with Gasteiger partial charge in [-0.05, 0) is 19.3 Å². The molecule has 128 valence electrons. The number of carbonyl (C=O) groups is 1. The van der Waals surface area contributed by atoms with Gasteiger partial charge in [0.25, 0.3) is 0 Å². The molecule has 0 bridgehead atoms. The van der Waals surface area contributed by atoms with Crippen molar-refractivity contribution in [3.63, 3.8) is 0 Å². The maximum atomic E-state index is 12.3. The summed E-state index contributed by atoms with van der Waals surface area (Å²) in [5, 5.41) is 0. The topological polar surface area (TPSA) is 64.8 Å². The molecule has 0 N–H and O–H groups in total. The van der Waals surface area contributed by atoms with E-state index in [1.165, 1.54) is 6.42 Å². The summed E-state index contributed by atoms with van der Waals surface area (Å²) >= 11 is 0. The summed E-state index contributed by atoms with van der Waals surface area (Å²) in [6.07, 6.45) is 4.21. The predicted molar refractivity (Wildman–Crippen MR) is 84.1 cm³/mol. The van der Waals surface area contributed by atoms with Crippen LogP contribution in [0.5, 0.6) is 0 Å². The minimum Gasteiger partial charge on any atom is -0.445 e. The fraction of sp³-hybridized carbons (Fsp3) is 0.765. The highest BCUT2D eigenvalue weighted by molar-refractivity contribution is 5.77. The molecule has 1 aromatic rings. The van der Waals surface area contributed by atoms with E-state index in [-0.39, 0.29) is 24.5 Å². The predicted octanol–water partition coefficient (Wildman–Crippen LogP) is 2.27. The third kappa shape index (κ3) is 4.12. The lowest BCUT2D eigenvalue weighted by molar-refractivity contribution is -0.139. The molecule has 3 rings (SSSR count). The van der Waals surface area contributed by atoms with E-state index in [0.717, 1.165) is 43.2 Å². The summed E-state index contributed by atoms with van der Waals surface area (Å²) in [7, 11) is 0. The van der Waals surface area contributed by atoms with Crippen LogP contribution in [0.4, 0.5) is 0 Å². The molecular weight excluding hydrogens is 296 g/mol. The molecule has 1 amide bonds. The molecular formula is C17H26N2O4. The average Bonchev–Trinajstić information content (AvgIpc) is 2.99. The van der Waals surface area contributed by atoms with E-state index in [9.17, 15) is 4.79 Å². The minimum atomic E-state index is 0.0144. The second-order valence-corrected chi connectivity index (χ2v) is 6.65. The van der Waals surface area contributed by atoms with Crippen LogP contribution in [0.2, 0.25) is 0 Å². The van der Waals surface area contributed by atoms with Crippen LogP contribution in [0, 0.1) is 0 Å². The van der Waals surface area contributed by atoms with Gasteiger partial charge in [-0.2, -0.15) is 0 Å². The van der Waals surface area contributed by atoms with Gasteiger partial charge in [0, 0.05) is 25.5 Å². The summed E-state index contributed by atoms with van der Waals surface area (Å²) in [4.78, 5) is 18.6. The molecule has 1 unspecified atom stereocenters. The number of nitrogens with zero attached hydrogens (tertiary/aromatic N) is 2. The highest BCUT2D eigenvalue weighted by atomic mass is 16.5. The Labute approximate surface area is 137 Å². The number of aromatic nitrogens is 1. The van der Waals surface area contributed by atoms with Gasteiger partial charge in [0.15, 0.2) is 5.89 Å². The van der Waals surface area contributed by atoms with Crippen molar-refractivity contribution in [3.05, 3.63) is 17.3 Å². The van der Waals surface area contributed by atoms with Crippen LogP contribution in [-0.2, 0) is 27.2 Å². The van der Waals surface area contributed by atoms with Crippen molar-refractivity contribution in [2.75, 3.05) is 26.4 Å². The first-order chi connectivity index (χ1) is 11.1. The Morgan fingerprint density at radius 1 is 1.43 bits per heavy atom. The van der Waals surface area contributed by atoms with Crippen LogP contribution < -0.4 is 0 Å². The maximum absolute atomic E-state index is 12.3. The third-order valence-electron chi connectivity index (χ3n) is 4.39. The third-order valence-corrected chi connectivity index (χ3v) is 4.39. The molecule has 0 saturated carbocycles. The summed E-state index contributed by atoms with van der Waals surface area (Å²) in [6, 6.07) is 0. The molecule has 0 radical (unpaired) electrons. The SMILES string of the molecule is CC(C)c1nc2c(o1)CCN(C(=O)COCC1CCCCO1)C2. The van der Waals surface area contributed by atoms with E-state index in [2.05, 4.69) is 18.8 Å². The molecule has 0 aliphatic carbocycles. The van der Waals surface area contributed by atoms with Crippen LogP contribution in [0.1, 0.15) is 56.4 Å². The number of amides is 1. The lowest BCUT2D eigenvalue weighted by Gasteiger charge is -2.26. The number of fused-ring (bicyclic) bond motifs is 1. The van der Waals surface area contributed by atoms with E-state index < -0.39 is 0 Å². The molecule has 0 spiro atoms.